The third-order valence-corrected chi connectivity index (χ3v) is 5.55. The van der Waals surface area contributed by atoms with Crippen molar-refractivity contribution in [1.29, 1.82) is 0 Å². The van der Waals surface area contributed by atoms with Gasteiger partial charge in [-0.2, -0.15) is 0 Å². The van der Waals surface area contributed by atoms with Crippen LogP contribution in [0.5, 0.6) is 0 Å². The quantitative estimate of drug-likeness (QED) is 0.552. The fourth-order valence-corrected chi connectivity index (χ4v) is 3.57. The Kier molecular flexibility index (Phi) is 4.84. The summed E-state index contributed by atoms with van der Waals surface area (Å²) in [4.78, 5) is 26.4. The molecule has 0 unspecified atom stereocenters. The summed E-state index contributed by atoms with van der Waals surface area (Å²) >= 11 is 0. The van der Waals surface area contributed by atoms with Gasteiger partial charge in [0.1, 0.15) is 6.54 Å². The lowest BCUT2D eigenvalue weighted by molar-refractivity contribution is 0.0629. The number of nitrogens with zero attached hydrogens (tertiary/aromatic N) is 3. The largest absolute Gasteiger partial charge is 0.419 e. The normalized spacial score (nSPS) is 14.3. The van der Waals surface area contributed by atoms with Gasteiger partial charge in [-0.15, -0.1) is 10.2 Å². The van der Waals surface area contributed by atoms with Gasteiger partial charge >= 0.3 is 0 Å². The molecule has 6 heteroatoms. The lowest BCUT2D eigenvalue weighted by Crippen LogP contribution is -2.29. The summed E-state index contributed by atoms with van der Waals surface area (Å²) in [6, 6.07) is 13.1. The van der Waals surface area contributed by atoms with Crippen molar-refractivity contribution in [1.82, 2.24) is 15.1 Å². The summed E-state index contributed by atoms with van der Waals surface area (Å²) in [6.07, 6.45) is 0. The fourth-order valence-electron chi connectivity index (χ4n) is 3.57. The molecule has 0 bridgehead atoms. The summed E-state index contributed by atoms with van der Waals surface area (Å²) in [7, 11) is 0. The first kappa shape index (κ1) is 21.0. The van der Waals surface area contributed by atoms with E-state index in [2.05, 4.69) is 69.9 Å². The van der Waals surface area contributed by atoms with Crippen molar-refractivity contribution in [2.75, 3.05) is 0 Å². The molecule has 1 aliphatic rings. The molecule has 2 amide bonds. The Balaban J connectivity index is 1.66. The van der Waals surface area contributed by atoms with Gasteiger partial charge in [0.25, 0.3) is 11.8 Å². The number of carbonyl (C=O) groups excluding carboxylic acids is 2. The highest BCUT2D eigenvalue weighted by Crippen LogP contribution is 2.34. The molecule has 0 fully saturated rings. The minimum atomic E-state index is -0.343. The second-order valence-electron chi connectivity index (χ2n) is 10.0. The number of benzene rings is 2. The van der Waals surface area contributed by atoms with Crippen LogP contribution in [0, 0.1) is 0 Å². The lowest BCUT2D eigenvalue weighted by Gasteiger charge is -2.25. The zero-order valence-electron chi connectivity index (χ0n) is 18.8. The summed E-state index contributed by atoms with van der Waals surface area (Å²) in [5.41, 5.74) is 3.90. The second-order valence-corrected chi connectivity index (χ2v) is 10.0. The van der Waals surface area contributed by atoms with Gasteiger partial charge in [0.05, 0.1) is 11.1 Å². The molecule has 4 rings (SSSR count). The van der Waals surface area contributed by atoms with Crippen LogP contribution in [-0.2, 0) is 17.4 Å². The Bertz CT molecular complexity index is 1110. The molecule has 0 N–H and O–H groups in total. The summed E-state index contributed by atoms with van der Waals surface area (Å²) in [5, 5.41) is 8.32. The molecule has 0 saturated heterocycles. The van der Waals surface area contributed by atoms with Gasteiger partial charge in [-0.25, -0.2) is 0 Å². The van der Waals surface area contributed by atoms with Crippen LogP contribution in [0.25, 0.3) is 11.5 Å². The number of hydrogen-bond acceptors (Lipinski definition) is 5. The molecule has 2 heterocycles. The van der Waals surface area contributed by atoms with Crippen LogP contribution >= 0.6 is 0 Å². The molecule has 3 aromatic rings. The van der Waals surface area contributed by atoms with E-state index in [1.165, 1.54) is 11.1 Å². The van der Waals surface area contributed by atoms with Crippen molar-refractivity contribution in [2.24, 2.45) is 0 Å². The third-order valence-electron chi connectivity index (χ3n) is 5.55. The SMILES string of the molecule is CC(C)(C)c1cc(-c2nnc(CN3C(=O)c4ccccc4C3=O)o2)cc(C(C)(C)C)c1. The Morgan fingerprint density at radius 2 is 1.32 bits per heavy atom. The van der Waals surface area contributed by atoms with Gasteiger partial charge in [0.2, 0.25) is 11.8 Å². The van der Waals surface area contributed by atoms with E-state index in [4.69, 9.17) is 4.42 Å². The van der Waals surface area contributed by atoms with Crippen molar-refractivity contribution in [3.05, 3.63) is 70.6 Å². The molecule has 1 aromatic heterocycles. The average molecular weight is 418 g/mol. The minimum Gasteiger partial charge on any atom is -0.419 e. The number of amides is 2. The number of aromatic nitrogens is 2. The maximum atomic E-state index is 12.6. The smallest absolute Gasteiger partial charge is 0.262 e. The number of rotatable bonds is 3. The van der Waals surface area contributed by atoms with Gasteiger partial charge in [-0.3, -0.25) is 14.5 Å². The van der Waals surface area contributed by atoms with Crippen LogP contribution in [0.3, 0.4) is 0 Å². The molecule has 6 nitrogen and oxygen atoms in total. The minimum absolute atomic E-state index is 0.0426. The maximum Gasteiger partial charge on any atom is 0.262 e. The Hall–Kier alpha value is -3.28. The van der Waals surface area contributed by atoms with Gasteiger partial charge in [-0.05, 0) is 46.2 Å². The zero-order chi connectivity index (χ0) is 22.6. The highest BCUT2D eigenvalue weighted by Gasteiger charge is 2.36. The highest BCUT2D eigenvalue weighted by molar-refractivity contribution is 6.21. The molecule has 0 atom stereocenters. The first-order chi connectivity index (χ1) is 14.4. The van der Waals surface area contributed by atoms with Crippen molar-refractivity contribution >= 4 is 11.8 Å². The summed E-state index contributed by atoms with van der Waals surface area (Å²) in [6.45, 7) is 12.9. The van der Waals surface area contributed by atoms with Gasteiger partial charge in [0.15, 0.2) is 0 Å². The number of hydrogen-bond donors (Lipinski definition) is 0. The number of carbonyl (C=O) groups is 2. The van der Waals surface area contributed by atoms with E-state index in [1.807, 2.05) is 0 Å². The van der Waals surface area contributed by atoms with Gasteiger partial charge < -0.3 is 4.42 Å². The molecule has 2 aromatic carbocycles. The lowest BCUT2D eigenvalue weighted by atomic mass is 9.79. The zero-order valence-corrected chi connectivity index (χ0v) is 18.8. The highest BCUT2D eigenvalue weighted by atomic mass is 16.4. The fraction of sp³-hybridized carbons (Fsp3) is 0.360. The maximum absolute atomic E-state index is 12.6. The molecular weight excluding hydrogens is 390 g/mol. The topological polar surface area (TPSA) is 76.3 Å². The van der Waals surface area contributed by atoms with E-state index in [9.17, 15) is 9.59 Å². The Labute approximate surface area is 182 Å². The molecule has 0 spiro atoms. The van der Waals surface area contributed by atoms with Crippen molar-refractivity contribution < 1.29 is 14.0 Å². The standard InChI is InChI=1S/C25H27N3O3/c1-24(2,3)16-11-15(12-17(13-16)25(4,5)6)21-27-26-20(31-21)14-28-22(29)18-9-7-8-10-19(18)23(28)30/h7-13H,14H2,1-6H3. The number of fused-ring (bicyclic) bond motifs is 1. The van der Waals surface area contributed by atoms with E-state index in [0.29, 0.717) is 17.0 Å². The van der Waals surface area contributed by atoms with Crippen LogP contribution in [0.2, 0.25) is 0 Å². The Morgan fingerprint density at radius 3 is 1.81 bits per heavy atom. The van der Waals surface area contributed by atoms with E-state index < -0.39 is 0 Å². The van der Waals surface area contributed by atoms with Gasteiger partial charge in [-0.1, -0.05) is 59.7 Å². The van der Waals surface area contributed by atoms with Crippen molar-refractivity contribution in [3.8, 4) is 11.5 Å². The predicted molar refractivity (Wildman–Crippen MR) is 118 cm³/mol. The van der Waals surface area contributed by atoms with Gasteiger partial charge in [0, 0.05) is 5.56 Å². The first-order valence-corrected chi connectivity index (χ1v) is 10.4. The van der Waals surface area contributed by atoms with E-state index in [0.717, 1.165) is 10.5 Å². The molecule has 0 radical (unpaired) electrons. The van der Waals surface area contributed by atoms with E-state index in [-0.39, 0.29) is 35.1 Å². The third kappa shape index (κ3) is 3.90. The van der Waals surface area contributed by atoms with Crippen LogP contribution in [0.1, 0.15) is 79.3 Å². The monoisotopic (exact) mass is 417 g/mol. The van der Waals surface area contributed by atoms with Crippen LogP contribution in [0.15, 0.2) is 46.9 Å². The number of imide groups is 1. The molecule has 0 aliphatic carbocycles. The van der Waals surface area contributed by atoms with Crippen LogP contribution in [0.4, 0.5) is 0 Å². The summed E-state index contributed by atoms with van der Waals surface area (Å²) < 4.78 is 5.89. The second kappa shape index (κ2) is 7.15. The van der Waals surface area contributed by atoms with Crippen LogP contribution in [-0.4, -0.2) is 26.9 Å². The molecular formula is C25H27N3O3. The van der Waals surface area contributed by atoms with Crippen molar-refractivity contribution in [3.63, 3.8) is 0 Å². The average Bonchev–Trinajstić information content (AvgIpc) is 3.26. The van der Waals surface area contributed by atoms with Crippen molar-refractivity contribution in [2.45, 2.75) is 58.9 Å². The Morgan fingerprint density at radius 1 is 0.806 bits per heavy atom. The molecule has 1 aliphatic heterocycles. The first-order valence-electron chi connectivity index (χ1n) is 10.4. The molecule has 31 heavy (non-hydrogen) atoms. The molecule has 0 saturated carbocycles. The predicted octanol–water partition coefficient (Wildman–Crippen LogP) is 5.13. The van der Waals surface area contributed by atoms with Crippen LogP contribution < -0.4 is 0 Å². The van der Waals surface area contributed by atoms with E-state index in [1.54, 1.807) is 24.3 Å². The molecule has 160 valence electrons. The summed E-state index contributed by atoms with van der Waals surface area (Å²) in [5.74, 6) is -0.0821. The van der Waals surface area contributed by atoms with E-state index >= 15 is 0 Å².